The van der Waals surface area contributed by atoms with Gasteiger partial charge in [-0.1, -0.05) is 30.7 Å². The first-order chi connectivity index (χ1) is 8.78. The Morgan fingerprint density at radius 1 is 1.33 bits per heavy atom. The lowest BCUT2D eigenvalue weighted by Gasteiger charge is -2.18. The molecule has 0 spiro atoms. The zero-order valence-corrected chi connectivity index (χ0v) is 11.7. The SMILES string of the molecule is CCCN1CC2C([CH]Cc3cccc(Cl)c3)C2C1. The highest BCUT2D eigenvalue weighted by Gasteiger charge is 2.54. The Balaban J connectivity index is 1.45. The molecule has 2 aliphatic rings. The number of likely N-dealkylation sites (tertiary alicyclic amines) is 1. The highest BCUT2D eigenvalue weighted by atomic mass is 35.5. The van der Waals surface area contributed by atoms with Crippen LogP contribution in [0.2, 0.25) is 5.02 Å². The number of halogens is 1. The van der Waals surface area contributed by atoms with Crippen LogP contribution in [-0.2, 0) is 6.42 Å². The van der Waals surface area contributed by atoms with Crippen LogP contribution in [0, 0.1) is 24.2 Å². The van der Waals surface area contributed by atoms with Crippen LogP contribution in [0.5, 0.6) is 0 Å². The second kappa shape index (κ2) is 5.22. The molecule has 2 fully saturated rings. The quantitative estimate of drug-likeness (QED) is 0.783. The van der Waals surface area contributed by atoms with E-state index in [0.717, 1.165) is 29.2 Å². The standard InChI is InChI=1S/C16H21ClN/c1-2-8-18-10-15-14(16(15)11-18)7-6-12-4-3-5-13(17)9-12/h3-5,7,9,14-16H,2,6,8,10-11H2,1H3. The van der Waals surface area contributed by atoms with Crippen LogP contribution in [0.1, 0.15) is 18.9 Å². The van der Waals surface area contributed by atoms with Gasteiger partial charge >= 0.3 is 0 Å². The molecule has 1 nitrogen and oxygen atoms in total. The molecule has 1 saturated carbocycles. The lowest BCUT2D eigenvalue weighted by atomic mass is 10.1. The summed E-state index contributed by atoms with van der Waals surface area (Å²) in [5.41, 5.74) is 1.35. The summed E-state index contributed by atoms with van der Waals surface area (Å²) in [6.07, 6.45) is 4.88. The van der Waals surface area contributed by atoms with Crippen LogP contribution >= 0.6 is 11.6 Å². The van der Waals surface area contributed by atoms with Crippen LogP contribution in [0.25, 0.3) is 0 Å². The minimum Gasteiger partial charge on any atom is -0.303 e. The Labute approximate surface area is 115 Å². The van der Waals surface area contributed by atoms with Gasteiger partial charge in [-0.2, -0.15) is 0 Å². The third-order valence-electron chi connectivity index (χ3n) is 4.39. The average Bonchev–Trinajstić information content (AvgIpc) is 2.80. The van der Waals surface area contributed by atoms with Gasteiger partial charge in [0.2, 0.25) is 0 Å². The van der Waals surface area contributed by atoms with E-state index in [9.17, 15) is 0 Å². The molecule has 1 radical (unpaired) electrons. The number of fused-ring (bicyclic) bond motifs is 1. The van der Waals surface area contributed by atoms with Gasteiger partial charge in [-0.15, -0.1) is 0 Å². The van der Waals surface area contributed by atoms with Crippen molar-refractivity contribution >= 4 is 11.6 Å². The molecule has 1 aliphatic carbocycles. The lowest BCUT2D eigenvalue weighted by Crippen LogP contribution is -2.25. The van der Waals surface area contributed by atoms with Crippen molar-refractivity contribution in [3.8, 4) is 0 Å². The zero-order valence-electron chi connectivity index (χ0n) is 11.0. The minimum atomic E-state index is 0.853. The van der Waals surface area contributed by atoms with Gasteiger partial charge in [-0.25, -0.2) is 0 Å². The number of hydrogen-bond acceptors (Lipinski definition) is 1. The fraction of sp³-hybridized carbons (Fsp3) is 0.562. The molecule has 97 valence electrons. The van der Waals surface area contributed by atoms with E-state index in [1.165, 1.54) is 31.6 Å². The topological polar surface area (TPSA) is 3.24 Å². The van der Waals surface area contributed by atoms with Crippen molar-refractivity contribution in [3.63, 3.8) is 0 Å². The van der Waals surface area contributed by atoms with Crippen LogP contribution in [0.4, 0.5) is 0 Å². The Morgan fingerprint density at radius 2 is 2.11 bits per heavy atom. The normalized spacial score (nSPS) is 30.4. The van der Waals surface area contributed by atoms with E-state index in [4.69, 9.17) is 11.6 Å². The monoisotopic (exact) mass is 262 g/mol. The third-order valence-corrected chi connectivity index (χ3v) is 4.63. The molecule has 1 aromatic carbocycles. The molecule has 0 N–H and O–H groups in total. The van der Waals surface area contributed by atoms with E-state index >= 15 is 0 Å². The fourth-order valence-corrected chi connectivity index (χ4v) is 3.66. The van der Waals surface area contributed by atoms with E-state index in [0.29, 0.717) is 0 Å². The summed E-state index contributed by atoms with van der Waals surface area (Å²) in [7, 11) is 0. The van der Waals surface area contributed by atoms with Crippen molar-refractivity contribution in [2.24, 2.45) is 17.8 Å². The van der Waals surface area contributed by atoms with Gasteiger partial charge in [0.05, 0.1) is 0 Å². The first kappa shape index (κ1) is 12.5. The summed E-state index contributed by atoms with van der Waals surface area (Å²) < 4.78 is 0. The highest BCUT2D eigenvalue weighted by molar-refractivity contribution is 6.30. The number of nitrogens with zero attached hydrogens (tertiary/aromatic N) is 1. The largest absolute Gasteiger partial charge is 0.303 e. The van der Waals surface area contributed by atoms with Crippen molar-refractivity contribution < 1.29 is 0 Å². The van der Waals surface area contributed by atoms with Crippen LogP contribution < -0.4 is 0 Å². The van der Waals surface area contributed by atoms with Crippen LogP contribution in [-0.4, -0.2) is 24.5 Å². The molecule has 1 aromatic rings. The number of benzene rings is 1. The summed E-state index contributed by atoms with van der Waals surface area (Å²) in [4.78, 5) is 2.62. The summed E-state index contributed by atoms with van der Waals surface area (Å²) in [6, 6.07) is 8.24. The van der Waals surface area contributed by atoms with Gasteiger partial charge in [-0.05, 0) is 61.3 Å². The second-order valence-corrected chi connectivity index (χ2v) is 6.17. The molecule has 1 heterocycles. The van der Waals surface area contributed by atoms with E-state index < -0.39 is 0 Å². The van der Waals surface area contributed by atoms with Crippen LogP contribution in [0.3, 0.4) is 0 Å². The Bertz CT molecular complexity index is 405. The first-order valence-corrected chi connectivity index (χ1v) is 7.46. The average molecular weight is 263 g/mol. The summed E-state index contributed by atoms with van der Waals surface area (Å²) in [6.45, 7) is 6.21. The van der Waals surface area contributed by atoms with E-state index in [-0.39, 0.29) is 0 Å². The predicted octanol–water partition coefficient (Wildman–Crippen LogP) is 3.67. The Hall–Kier alpha value is -0.530. The number of hydrogen-bond donors (Lipinski definition) is 0. The zero-order chi connectivity index (χ0) is 12.5. The maximum absolute atomic E-state index is 6.00. The molecule has 1 saturated heterocycles. The summed E-state index contributed by atoms with van der Waals surface area (Å²) in [5, 5.41) is 0.853. The molecule has 18 heavy (non-hydrogen) atoms. The van der Waals surface area contributed by atoms with Gasteiger partial charge < -0.3 is 4.90 Å². The van der Waals surface area contributed by atoms with Gasteiger partial charge in [0.25, 0.3) is 0 Å². The van der Waals surface area contributed by atoms with Gasteiger partial charge in [-0.3, -0.25) is 0 Å². The lowest BCUT2D eigenvalue weighted by molar-refractivity contribution is 0.291. The van der Waals surface area contributed by atoms with Crippen molar-refractivity contribution in [2.45, 2.75) is 19.8 Å². The van der Waals surface area contributed by atoms with Crippen molar-refractivity contribution in [1.82, 2.24) is 4.90 Å². The molecule has 2 heteroatoms. The van der Waals surface area contributed by atoms with Gasteiger partial charge in [0, 0.05) is 18.1 Å². The molecular weight excluding hydrogens is 242 g/mol. The smallest absolute Gasteiger partial charge is 0.0408 e. The molecule has 2 atom stereocenters. The molecular formula is C16H21ClN. The highest BCUT2D eigenvalue weighted by Crippen LogP contribution is 2.53. The number of rotatable bonds is 5. The Morgan fingerprint density at radius 3 is 2.78 bits per heavy atom. The van der Waals surface area contributed by atoms with Crippen molar-refractivity contribution in [2.75, 3.05) is 19.6 Å². The molecule has 0 bridgehead atoms. The van der Waals surface area contributed by atoms with Crippen molar-refractivity contribution in [1.29, 1.82) is 0 Å². The molecule has 1 aliphatic heterocycles. The predicted molar refractivity (Wildman–Crippen MR) is 76.7 cm³/mol. The maximum Gasteiger partial charge on any atom is 0.0408 e. The van der Waals surface area contributed by atoms with Crippen LogP contribution in [0.15, 0.2) is 24.3 Å². The van der Waals surface area contributed by atoms with Gasteiger partial charge in [0.1, 0.15) is 0 Å². The minimum absolute atomic E-state index is 0.853. The molecule has 0 aromatic heterocycles. The fourth-order valence-electron chi connectivity index (χ4n) is 3.44. The maximum atomic E-state index is 6.00. The third kappa shape index (κ3) is 2.57. The van der Waals surface area contributed by atoms with E-state index in [1.54, 1.807) is 0 Å². The molecule has 3 rings (SSSR count). The van der Waals surface area contributed by atoms with Crippen molar-refractivity contribution in [3.05, 3.63) is 41.3 Å². The first-order valence-electron chi connectivity index (χ1n) is 7.08. The Kier molecular flexibility index (Phi) is 3.63. The van der Waals surface area contributed by atoms with Gasteiger partial charge in [0.15, 0.2) is 0 Å². The van der Waals surface area contributed by atoms with E-state index in [2.05, 4.69) is 30.4 Å². The van der Waals surface area contributed by atoms with E-state index in [1.807, 2.05) is 12.1 Å². The summed E-state index contributed by atoms with van der Waals surface area (Å²) in [5.74, 6) is 2.78. The molecule has 2 unspecified atom stereocenters. The second-order valence-electron chi connectivity index (χ2n) is 5.73. The summed E-state index contributed by atoms with van der Waals surface area (Å²) >= 11 is 6.00. The molecule has 0 amide bonds. The number of piperidine rings is 1.